The molecule has 2 aromatic heterocycles. The molecule has 4 rings (SSSR count). The van der Waals surface area contributed by atoms with Crippen molar-refractivity contribution in [3.8, 4) is 0 Å². The molecule has 1 aliphatic rings. The van der Waals surface area contributed by atoms with E-state index in [1.54, 1.807) is 0 Å². The third-order valence-electron chi connectivity index (χ3n) is 3.96. The molecule has 0 bridgehead atoms. The van der Waals surface area contributed by atoms with Crippen molar-refractivity contribution in [3.05, 3.63) is 53.2 Å². The molecule has 1 aliphatic carbocycles. The van der Waals surface area contributed by atoms with Gasteiger partial charge in [-0.3, -0.25) is 5.10 Å². The number of nitrogens with one attached hydrogen (secondary N) is 3. The van der Waals surface area contributed by atoms with Gasteiger partial charge in [-0.2, -0.15) is 10.1 Å². The van der Waals surface area contributed by atoms with E-state index in [4.69, 9.17) is 0 Å². The van der Waals surface area contributed by atoms with Gasteiger partial charge >= 0.3 is 0 Å². The zero-order valence-electron chi connectivity index (χ0n) is 13.4. The third kappa shape index (κ3) is 3.58. The van der Waals surface area contributed by atoms with Crippen LogP contribution in [-0.2, 0) is 6.54 Å². The van der Waals surface area contributed by atoms with Crippen molar-refractivity contribution >= 4 is 17.7 Å². The Morgan fingerprint density at radius 2 is 1.77 bits per heavy atom. The molecule has 0 unspecified atom stereocenters. The van der Waals surface area contributed by atoms with Gasteiger partial charge in [0.25, 0.3) is 0 Å². The van der Waals surface area contributed by atoms with E-state index in [2.05, 4.69) is 35.8 Å². The van der Waals surface area contributed by atoms with Gasteiger partial charge in [-0.25, -0.2) is 23.1 Å². The Hall–Kier alpha value is -3.17. The fraction of sp³-hybridized carbons (Fsp3) is 0.250. The first kappa shape index (κ1) is 16.3. The van der Waals surface area contributed by atoms with E-state index < -0.39 is 17.5 Å². The van der Waals surface area contributed by atoms with Gasteiger partial charge < -0.3 is 10.6 Å². The second-order valence-corrected chi connectivity index (χ2v) is 5.94. The summed E-state index contributed by atoms with van der Waals surface area (Å²) in [4.78, 5) is 12.0. The molecule has 0 amide bonds. The molecule has 0 aliphatic heterocycles. The number of benzene rings is 1. The van der Waals surface area contributed by atoms with Crippen LogP contribution in [0.15, 0.2) is 24.5 Å². The summed E-state index contributed by atoms with van der Waals surface area (Å²) in [7, 11) is 0. The highest BCUT2D eigenvalue weighted by Gasteiger charge is 2.25. The average molecular weight is 361 g/mol. The number of H-pyrrole nitrogens is 1. The van der Waals surface area contributed by atoms with Crippen LogP contribution in [0.3, 0.4) is 0 Å². The minimum Gasteiger partial charge on any atom is -0.350 e. The van der Waals surface area contributed by atoms with Crippen LogP contribution < -0.4 is 10.6 Å². The summed E-state index contributed by atoms with van der Waals surface area (Å²) in [6.07, 6.45) is 3.55. The smallest absolute Gasteiger partial charge is 0.233 e. The number of halogens is 3. The van der Waals surface area contributed by atoms with Gasteiger partial charge in [0.2, 0.25) is 11.9 Å². The van der Waals surface area contributed by atoms with Gasteiger partial charge in [0, 0.05) is 41.9 Å². The molecule has 0 atom stereocenters. The highest BCUT2D eigenvalue weighted by atomic mass is 19.1. The predicted molar refractivity (Wildman–Crippen MR) is 87.3 cm³/mol. The van der Waals surface area contributed by atoms with Crippen LogP contribution >= 0.6 is 0 Å². The molecule has 1 saturated carbocycles. The van der Waals surface area contributed by atoms with Crippen molar-refractivity contribution in [2.45, 2.75) is 25.3 Å². The van der Waals surface area contributed by atoms with Crippen molar-refractivity contribution in [1.29, 1.82) is 0 Å². The number of hydrogen-bond acceptors (Lipinski definition) is 6. The summed E-state index contributed by atoms with van der Waals surface area (Å²) in [6, 6.07) is 3.13. The minimum atomic E-state index is -0.980. The summed E-state index contributed by atoms with van der Waals surface area (Å²) in [5, 5.41) is 12.7. The van der Waals surface area contributed by atoms with Crippen LogP contribution in [-0.4, -0.2) is 25.1 Å². The first-order valence-corrected chi connectivity index (χ1v) is 7.97. The van der Waals surface area contributed by atoms with Crippen LogP contribution in [0.2, 0.25) is 0 Å². The molecular weight excluding hydrogens is 347 g/mol. The molecule has 1 aromatic carbocycles. The lowest BCUT2D eigenvalue weighted by Gasteiger charge is -2.08. The zero-order valence-corrected chi connectivity index (χ0v) is 13.4. The maximum atomic E-state index is 13.7. The SMILES string of the molecule is Fc1cc(F)c(CNc2ncnc(Nc3cc(C4CC4)[nH]n3)n2)c(F)c1. The Morgan fingerprint density at radius 1 is 1.04 bits per heavy atom. The quantitative estimate of drug-likeness (QED) is 0.624. The third-order valence-corrected chi connectivity index (χ3v) is 3.96. The summed E-state index contributed by atoms with van der Waals surface area (Å²) in [6.45, 7) is -0.240. The van der Waals surface area contributed by atoms with Crippen LogP contribution in [0, 0.1) is 17.5 Å². The van der Waals surface area contributed by atoms with Crippen LogP contribution in [0.5, 0.6) is 0 Å². The number of anilines is 3. The lowest BCUT2D eigenvalue weighted by atomic mass is 10.2. The Kier molecular flexibility index (Phi) is 4.15. The molecule has 2 heterocycles. The lowest BCUT2D eigenvalue weighted by molar-refractivity contribution is 0.526. The van der Waals surface area contributed by atoms with E-state index in [-0.39, 0.29) is 24.0 Å². The van der Waals surface area contributed by atoms with Gasteiger partial charge in [0.15, 0.2) is 5.82 Å². The summed E-state index contributed by atoms with van der Waals surface area (Å²) >= 11 is 0. The lowest BCUT2D eigenvalue weighted by Crippen LogP contribution is -2.09. The fourth-order valence-electron chi connectivity index (χ4n) is 2.47. The zero-order chi connectivity index (χ0) is 18.1. The molecule has 26 heavy (non-hydrogen) atoms. The van der Waals surface area contributed by atoms with E-state index in [1.165, 1.54) is 6.33 Å². The minimum absolute atomic E-state index is 0.114. The molecule has 0 radical (unpaired) electrons. The Bertz CT molecular complexity index is 916. The van der Waals surface area contributed by atoms with E-state index >= 15 is 0 Å². The number of aromatic nitrogens is 5. The molecule has 3 N–H and O–H groups in total. The molecule has 134 valence electrons. The topological polar surface area (TPSA) is 91.4 Å². The maximum Gasteiger partial charge on any atom is 0.233 e. The van der Waals surface area contributed by atoms with Gasteiger partial charge in [-0.05, 0) is 12.8 Å². The number of aromatic amines is 1. The average Bonchev–Trinajstić information content (AvgIpc) is 3.34. The first-order chi connectivity index (χ1) is 12.6. The monoisotopic (exact) mass is 361 g/mol. The molecule has 0 spiro atoms. The summed E-state index contributed by atoms with van der Waals surface area (Å²) in [5.41, 5.74) is 0.755. The molecule has 7 nitrogen and oxygen atoms in total. The fourth-order valence-corrected chi connectivity index (χ4v) is 2.47. The molecule has 3 aromatic rings. The second-order valence-electron chi connectivity index (χ2n) is 5.94. The molecular formula is C16H14F3N7. The van der Waals surface area contributed by atoms with Crippen molar-refractivity contribution in [2.75, 3.05) is 10.6 Å². The summed E-state index contributed by atoms with van der Waals surface area (Å²) < 4.78 is 40.2. The molecule has 1 fully saturated rings. The number of nitrogens with zero attached hydrogens (tertiary/aromatic N) is 4. The highest BCUT2D eigenvalue weighted by Crippen LogP contribution is 2.39. The van der Waals surface area contributed by atoms with E-state index in [0.717, 1.165) is 18.5 Å². The van der Waals surface area contributed by atoms with Gasteiger partial charge in [-0.1, -0.05) is 0 Å². The Balaban J connectivity index is 1.44. The normalized spacial score (nSPS) is 13.7. The predicted octanol–water partition coefficient (Wildman–Crippen LogP) is 3.25. The van der Waals surface area contributed by atoms with E-state index in [9.17, 15) is 13.2 Å². The Morgan fingerprint density at radius 3 is 2.50 bits per heavy atom. The molecule has 10 heteroatoms. The first-order valence-electron chi connectivity index (χ1n) is 7.97. The summed E-state index contributed by atoms with van der Waals surface area (Å²) in [5.74, 6) is -1.48. The van der Waals surface area contributed by atoms with Crippen LogP contribution in [0.25, 0.3) is 0 Å². The second kappa shape index (κ2) is 6.62. The van der Waals surface area contributed by atoms with Crippen LogP contribution in [0.1, 0.15) is 30.0 Å². The maximum absolute atomic E-state index is 13.7. The standard InChI is InChI=1S/C16H14F3N7/c17-9-3-11(18)10(12(19)4-9)6-20-15-21-7-22-16(24-15)23-14-5-13(25-26-14)8-1-2-8/h3-5,7-8H,1-2,6H2,(H3,20,21,22,23,24,25,26). The van der Waals surface area contributed by atoms with Gasteiger partial charge in [-0.15, -0.1) is 0 Å². The van der Waals surface area contributed by atoms with Crippen LogP contribution in [0.4, 0.5) is 30.9 Å². The number of rotatable bonds is 6. The van der Waals surface area contributed by atoms with Crippen molar-refractivity contribution < 1.29 is 13.2 Å². The van der Waals surface area contributed by atoms with E-state index in [0.29, 0.717) is 23.9 Å². The Labute approximate surface area is 146 Å². The largest absolute Gasteiger partial charge is 0.350 e. The van der Waals surface area contributed by atoms with Gasteiger partial charge in [0.05, 0.1) is 0 Å². The number of hydrogen-bond donors (Lipinski definition) is 3. The van der Waals surface area contributed by atoms with E-state index in [1.807, 2.05) is 6.07 Å². The highest BCUT2D eigenvalue weighted by molar-refractivity contribution is 5.49. The van der Waals surface area contributed by atoms with Crippen molar-refractivity contribution in [3.63, 3.8) is 0 Å². The molecule has 0 saturated heterocycles. The van der Waals surface area contributed by atoms with Crippen molar-refractivity contribution in [2.24, 2.45) is 0 Å². The van der Waals surface area contributed by atoms with Crippen molar-refractivity contribution in [1.82, 2.24) is 25.1 Å². The van der Waals surface area contributed by atoms with Gasteiger partial charge in [0.1, 0.15) is 23.8 Å².